The molecular weight excluding hydrogens is 368 g/mol. The molecule has 2 aromatic carbocycles. The van der Waals surface area contributed by atoms with Crippen molar-refractivity contribution < 1.29 is 14.5 Å². The van der Waals surface area contributed by atoms with Crippen molar-refractivity contribution in [3.63, 3.8) is 0 Å². The van der Waals surface area contributed by atoms with E-state index in [-0.39, 0.29) is 23.2 Å². The lowest BCUT2D eigenvalue weighted by Gasteiger charge is -2.32. The average molecular weight is 387 g/mol. The Kier molecular flexibility index (Phi) is 5.56. The molecule has 27 heavy (non-hydrogen) atoms. The van der Waals surface area contributed by atoms with Gasteiger partial charge >= 0.3 is 0 Å². The monoisotopic (exact) mass is 386 g/mol. The summed E-state index contributed by atoms with van der Waals surface area (Å²) >= 11 is 5.87. The smallest absolute Gasteiger partial charge is 0.293 e. The summed E-state index contributed by atoms with van der Waals surface area (Å²) in [6, 6.07) is 11.4. The normalized spacial score (nSPS) is 14.8. The Morgan fingerprint density at radius 1 is 1.07 bits per heavy atom. The SMILES string of the molecule is CC(=O)c1ccc(N2CCC(C(=O)c3ccc(Cl)cc3)CC2)c([N+](=O)[O-])c1. The Balaban J connectivity index is 1.74. The molecule has 0 saturated carbocycles. The third-order valence-electron chi connectivity index (χ3n) is 4.91. The van der Waals surface area contributed by atoms with Crippen LogP contribution in [0, 0.1) is 16.0 Å². The van der Waals surface area contributed by atoms with E-state index in [1.165, 1.54) is 13.0 Å². The van der Waals surface area contributed by atoms with Gasteiger partial charge in [-0.1, -0.05) is 11.6 Å². The van der Waals surface area contributed by atoms with Crippen LogP contribution >= 0.6 is 11.6 Å². The third kappa shape index (κ3) is 4.17. The van der Waals surface area contributed by atoms with E-state index in [4.69, 9.17) is 11.6 Å². The Morgan fingerprint density at radius 2 is 1.67 bits per heavy atom. The molecule has 0 radical (unpaired) electrons. The van der Waals surface area contributed by atoms with E-state index in [0.29, 0.717) is 47.8 Å². The molecular formula is C20H19ClN2O4. The minimum Gasteiger partial charge on any atom is -0.366 e. The largest absolute Gasteiger partial charge is 0.366 e. The van der Waals surface area contributed by atoms with Gasteiger partial charge in [0.1, 0.15) is 5.69 Å². The Hall–Kier alpha value is -2.73. The zero-order valence-electron chi connectivity index (χ0n) is 14.9. The Labute approximate surface area is 161 Å². The molecule has 2 aromatic rings. The number of nitro groups is 1. The van der Waals surface area contributed by atoms with Gasteiger partial charge in [-0.05, 0) is 56.2 Å². The second kappa shape index (κ2) is 7.88. The highest BCUT2D eigenvalue weighted by Gasteiger charge is 2.29. The average Bonchev–Trinajstić information content (AvgIpc) is 2.67. The van der Waals surface area contributed by atoms with Gasteiger partial charge in [-0.15, -0.1) is 0 Å². The maximum atomic E-state index is 12.6. The number of Topliss-reactive ketones (excluding diaryl/α,β-unsaturated/α-hetero) is 2. The summed E-state index contributed by atoms with van der Waals surface area (Å²) in [5, 5.41) is 12.0. The molecule has 0 atom stereocenters. The first-order chi connectivity index (χ1) is 12.9. The number of anilines is 1. The highest BCUT2D eigenvalue weighted by Crippen LogP contribution is 2.33. The summed E-state index contributed by atoms with van der Waals surface area (Å²) in [6.45, 7) is 2.47. The first-order valence-electron chi connectivity index (χ1n) is 8.71. The van der Waals surface area contributed by atoms with Gasteiger partial charge in [-0.2, -0.15) is 0 Å². The number of carbonyl (C=O) groups is 2. The van der Waals surface area contributed by atoms with E-state index >= 15 is 0 Å². The maximum Gasteiger partial charge on any atom is 0.293 e. The summed E-state index contributed by atoms with van der Waals surface area (Å²) in [5.41, 5.74) is 1.36. The van der Waals surface area contributed by atoms with Crippen molar-refractivity contribution in [1.29, 1.82) is 0 Å². The van der Waals surface area contributed by atoms with Crippen LogP contribution in [0.2, 0.25) is 5.02 Å². The summed E-state index contributed by atoms with van der Waals surface area (Å²) < 4.78 is 0. The number of nitrogens with zero attached hydrogens (tertiary/aromatic N) is 2. The molecule has 1 aliphatic heterocycles. The Bertz CT molecular complexity index is 887. The fourth-order valence-corrected chi connectivity index (χ4v) is 3.51. The molecule has 6 nitrogen and oxygen atoms in total. The highest BCUT2D eigenvalue weighted by molar-refractivity contribution is 6.30. The molecule has 0 spiro atoms. The van der Waals surface area contributed by atoms with Gasteiger partial charge in [-0.3, -0.25) is 19.7 Å². The highest BCUT2D eigenvalue weighted by atomic mass is 35.5. The second-order valence-corrected chi connectivity index (χ2v) is 7.09. The van der Waals surface area contributed by atoms with Crippen molar-refractivity contribution in [3.8, 4) is 0 Å². The fourth-order valence-electron chi connectivity index (χ4n) is 3.39. The zero-order valence-corrected chi connectivity index (χ0v) is 15.6. The molecule has 0 bridgehead atoms. The topological polar surface area (TPSA) is 80.5 Å². The summed E-state index contributed by atoms with van der Waals surface area (Å²) in [7, 11) is 0. The van der Waals surface area contributed by atoms with Crippen LogP contribution in [0.3, 0.4) is 0 Å². The predicted octanol–water partition coefficient (Wildman–Crippen LogP) is 4.55. The summed E-state index contributed by atoms with van der Waals surface area (Å²) in [5.74, 6) is -0.248. The van der Waals surface area contributed by atoms with Crippen LogP contribution in [-0.2, 0) is 0 Å². The molecule has 0 unspecified atom stereocenters. The quantitative estimate of drug-likeness (QED) is 0.427. The zero-order chi connectivity index (χ0) is 19.6. The molecule has 1 aliphatic rings. The third-order valence-corrected chi connectivity index (χ3v) is 5.17. The molecule has 0 aliphatic carbocycles. The summed E-state index contributed by atoms with van der Waals surface area (Å²) in [6.07, 6.45) is 1.24. The van der Waals surface area contributed by atoms with Crippen LogP contribution in [0.4, 0.5) is 11.4 Å². The first-order valence-corrected chi connectivity index (χ1v) is 9.08. The number of piperidine rings is 1. The lowest BCUT2D eigenvalue weighted by molar-refractivity contribution is -0.384. The van der Waals surface area contributed by atoms with Crippen molar-refractivity contribution in [1.82, 2.24) is 0 Å². The van der Waals surface area contributed by atoms with E-state index in [1.54, 1.807) is 36.4 Å². The first kappa shape index (κ1) is 19.0. The van der Waals surface area contributed by atoms with E-state index in [1.807, 2.05) is 4.90 Å². The molecule has 0 amide bonds. The van der Waals surface area contributed by atoms with Gasteiger partial charge < -0.3 is 4.90 Å². The van der Waals surface area contributed by atoms with Crippen molar-refractivity contribution >= 4 is 34.5 Å². The lowest BCUT2D eigenvalue weighted by atomic mass is 9.88. The number of nitro benzene ring substituents is 1. The van der Waals surface area contributed by atoms with Gasteiger partial charge in [0.25, 0.3) is 5.69 Å². The van der Waals surface area contributed by atoms with Gasteiger partial charge in [0.15, 0.2) is 11.6 Å². The van der Waals surface area contributed by atoms with Crippen LogP contribution in [0.25, 0.3) is 0 Å². The minimum absolute atomic E-state index is 0.0766. The number of halogens is 1. The Morgan fingerprint density at radius 3 is 2.22 bits per heavy atom. The molecule has 0 N–H and O–H groups in total. The fraction of sp³-hybridized carbons (Fsp3) is 0.300. The van der Waals surface area contributed by atoms with Gasteiger partial charge in [-0.25, -0.2) is 0 Å². The van der Waals surface area contributed by atoms with Gasteiger partial charge in [0, 0.05) is 41.2 Å². The molecule has 0 aromatic heterocycles. The molecule has 7 heteroatoms. The number of hydrogen-bond donors (Lipinski definition) is 0. The second-order valence-electron chi connectivity index (χ2n) is 6.65. The predicted molar refractivity (Wildman–Crippen MR) is 104 cm³/mol. The summed E-state index contributed by atoms with van der Waals surface area (Å²) in [4.78, 5) is 37.0. The van der Waals surface area contributed by atoms with E-state index in [2.05, 4.69) is 0 Å². The van der Waals surface area contributed by atoms with Crippen LogP contribution in [0.1, 0.15) is 40.5 Å². The molecule has 1 saturated heterocycles. The minimum atomic E-state index is -0.466. The van der Waals surface area contributed by atoms with E-state index in [9.17, 15) is 19.7 Å². The number of hydrogen-bond acceptors (Lipinski definition) is 5. The van der Waals surface area contributed by atoms with Crippen LogP contribution in [0.15, 0.2) is 42.5 Å². The van der Waals surface area contributed by atoms with Crippen LogP contribution in [-0.4, -0.2) is 29.6 Å². The lowest BCUT2D eigenvalue weighted by Crippen LogP contribution is -2.36. The molecule has 1 fully saturated rings. The van der Waals surface area contributed by atoms with Crippen molar-refractivity contribution in [3.05, 3.63) is 68.7 Å². The standard InChI is InChI=1S/C20H19ClN2O4/c1-13(24)16-4-7-18(19(12-16)23(26)27)22-10-8-15(9-11-22)20(25)14-2-5-17(21)6-3-14/h2-7,12,15H,8-11H2,1H3. The van der Waals surface area contributed by atoms with Gasteiger partial charge in [0.2, 0.25) is 0 Å². The van der Waals surface area contributed by atoms with Crippen molar-refractivity contribution in [2.45, 2.75) is 19.8 Å². The van der Waals surface area contributed by atoms with Crippen LogP contribution in [0.5, 0.6) is 0 Å². The van der Waals surface area contributed by atoms with Crippen LogP contribution < -0.4 is 4.90 Å². The van der Waals surface area contributed by atoms with Crippen molar-refractivity contribution in [2.24, 2.45) is 5.92 Å². The van der Waals surface area contributed by atoms with E-state index < -0.39 is 4.92 Å². The number of benzene rings is 2. The van der Waals surface area contributed by atoms with Gasteiger partial charge in [0.05, 0.1) is 4.92 Å². The van der Waals surface area contributed by atoms with E-state index in [0.717, 1.165) is 0 Å². The molecule has 140 valence electrons. The molecule has 3 rings (SSSR count). The molecule has 1 heterocycles. The maximum absolute atomic E-state index is 12.6. The number of carbonyl (C=O) groups excluding carboxylic acids is 2. The number of rotatable bonds is 5. The van der Waals surface area contributed by atoms with Crippen molar-refractivity contribution in [2.75, 3.05) is 18.0 Å². The number of ketones is 2.